The maximum Gasteiger partial charge on any atom is 0.251 e. The molecule has 0 aliphatic rings. The first kappa shape index (κ1) is 14.0. The van der Waals surface area contributed by atoms with E-state index in [2.05, 4.69) is 5.32 Å². The van der Waals surface area contributed by atoms with Gasteiger partial charge in [0, 0.05) is 6.07 Å². The van der Waals surface area contributed by atoms with E-state index >= 15 is 0 Å². The topological polar surface area (TPSA) is 68.3 Å². The van der Waals surface area contributed by atoms with Crippen LogP contribution in [0.15, 0.2) is 28.7 Å². The summed E-state index contributed by atoms with van der Waals surface area (Å²) >= 11 is 0. The van der Waals surface area contributed by atoms with Crippen LogP contribution < -0.4 is 11.1 Å². The summed E-state index contributed by atoms with van der Waals surface area (Å²) in [6, 6.07) is 4.87. The number of halogens is 2. The third-order valence-electron chi connectivity index (χ3n) is 2.88. The Morgan fingerprint density at radius 2 is 2.00 bits per heavy atom. The molecule has 106 valence electrons. The average Bonchev–Trinajstić information content (AvgIpc) is 2.79. The summed E-state index contributed by atoms with van der Waals surface area (Å²) in [7, 11) is 0. The van der Waals surface area contributed by atoms with Gasteiger partial charge in [-0.15, -0.1) is 0 Å². The number of amides is 1. The van der Waals surface area contributed by atoms with Crippen molar-refractivity contribution in [2.24, 2.45) is 5.73 Å². The van der Waals surface area contributed by atoms with Crippen molar-refractivity contribution in [3.63, 3.8) is 0 Å². The molecule has 4 nitrogen and oxygen atoms in total. The molecule has 0 spiro atoms. The SMILES string of the molecule is Cc1ccc(C(C)Nc2cc(C(N)=O)c(F)cc2F)o1. The first-order valence-corrected chi connectivity index (χ1v) is 6.00. The Labute approximate surface area is 114 Å². The van der Waals surface area contributed by atoms with Crippen molar-refractivity contribution >= 4 is 11.6 Å². The summed E-state index contributed by atoms with van der Waals surface area (Å²) < 4.78 is 32.5. The fourth-order valence-electron chi connectivity index (χ4n) is 1.84. The highest BCUT2D eigenvalue weighted by Crippen LogP contribution is 2.25. The number of hydrogen-bond donors (Lipinski definition) is 2. The number of nitrogens with two attached hydrogens (primary N) is 1. The van der Waals surface area contributed by atoms with Gasteiger partial charge in [0.15, 0.2) is 0 Å². The Kier molecular flexibility index (Phi) is 3.74. The van der Waals surface area contributed by atoms with Crippen LogP contribution in [0.5, 0.6) is 0 Å². The zero-order chi connectivity index (χ0) is 14.9. The minimum Gasteiger partial charge on any atom is -0.464 e. The summed E-state index contributed by atoms with van der Waals surface area (Å²) in [6.07, 6.45) is 0. The molecule has 1 aromatic heterocycles. The van der Waals surface area contributed by atoms with Gasteiger partial charge in [-0.2, -0.15) is 0 Å². The molecule has 1 unspecified atom stereocenters. The zero-order valence-corrected chi connectivity index (χ0v) is 11.0. The lowest BCUT2D eigenvalue weighted by molar-refractivity contribution is 0.0996. The molecule has 0 fully saturated rings. The van der Waals surface area contributed by atoms with Gasteiger partial charge in [0.05, 0.1) is 17.3 Å². The number of carbonyl (C=O) groups excluding carboxylic acids is 1. The number of aryl methyl sites for hydroxylation is 1. The fourth-order valence-corrected chi connectivity index (χ4v) is 1.84. The summed E-state index contributed by atoms with van der Waals surface area (Å²) in [4.78, 5) is 11.1. The number of furan rings is 1. The monoisotopic (exact) mass is 280 g/mol. The molecule has 3 N–H and O–H groups in total. The lowest BCUT2D eigenvalue weighted by Gasteiger charge is -2.14. The highest BCUT2D eigenvalue weighted by molar-refractivity contribution is 5.94. The van der Waals surface area contributed by atoms with Gasteiger partial charge in [-0.25, -0.2) is 8.78 Å². The van der Waals surface area contributed by atoms with E-state index in [4.69, 9.17) is 10.2 Å². The first-order chi connectivity index (χ1) is 9.38. The molecular formula is C14H14F2N2O2. The maximum absolute atomic E-state index is 13.7. The molecule has 2 rings (SSSR count). The van der Waals surface area contributed by atoms with Crippen LogP contribution in [-0.4, -0.2) is 5.91 Å². The maximum atomic E-state index is 13.7. The number of hydrogen-bond acceptors (Lipinski definition) is 3. The highest BCUT2D eigenvalue weighted by Gasteiger charge is 2.16. The first-order valence-electron chi connectivity index (χ1n) is 6.00. The number of anilines is 1. The van der Waals surface area contributed by atoms with Crippen molar-refractivity contribution in [3.8, 4) is 0 Å². The van der Waals surface area contributed by atoms with Crippen LogP contribution in [0.25, 0.3) is 0 Å². The second-order valence-electron chi connectivity index (χ2n) is 4.49. The number of primary amides is 1. The predicted octanol–water partition coefficient (Wildman–Crippen LogP) is 3.14. The molecule has 0 bridgehead atoms. The molecule has 0 aliphatic heterocycles. The summed E-state index contributed by atoms with van der Waals surface area (Å²) in [5.41, 5.74) is 4.65. The normalized spacial score (nSPS) is 12.2. The van der Waals surface area contributed by atoms with E-state index in [0.717, 1.165) is 11.8 Å². The van der Waals surface area contributed by atoms with Crippen LogP contribution in [0.1, 0.15) is 34.8 Å². The molecule has 1 amide bonds. The zero-order valence-electron chi connectivity index (χ0n) is 11.0. The van der Waals surface area contributed by atoms with Crippen molar-refractivity contribution in [2.75, 3.05) is 5.32 Å². The minimum atomic E-state index is -0.984. The van der Waals surface area contributed by atoms with E-state index in [9.17, 15) is 13.6 Å². The van der Waals surface area contributed by atoms with Crippen molar-refractivity contribution in [1.29, 1.82) is 0 Å². The van der Waals surface area contributed by atoms with E-state index < -0.39 is 17.5 Å². The van der Waals surface area contributed by atoms with Crippen molar-refractivity contribution in [2.45, 2.75) is 19.9 Å². The Morgan fingerprint density at radius 1 is 1.30 bits per heavy atom. The largest absolute Gasteiger partial charge is 0.464 e. The highest BCUT2D eigenvalue weighted by atomic mass is 19.1. The van der Waals surface area contributed by atoms with Crippen LogP contribution in [-0.2, 0) is 0 Å². The number of benzene rings is 1. The van der Waals surface area contributed by atoms with Crippen molar-refractivity contribution in [3.05, 3.63) is 53.0 Å². The third-order valence-corrected chi connectivity index (χ3v) is 2.88. The standard InChI is InChI=1S/C14H14F2N2O2/c1-7-3-4-13(20-7)8(2)18-12-5-9(14(17)19)10(15)6-11(12)16/h3-6,8,18H,1-2H3,(H2,17,19). The van der Waals surface area contributed by atoms with E-state index in [1.165, 1.54) is 0 Å². The molecule has 0 saturated carbocycles. The molecule has 1 heterocycles. The van der Waals surface area contributed by atoms with Gasteiger partial charge in [-0.3, -0.25) is 4.79 Å². The molecular weight excluding hydrogens is 266 g/mol. The van der Waals surface area contributed by atoms with Gasteiger partial charge in [0.1, 0.15) is 23.2 Å². The Bertz CT molecular complexity index is 653. The van der Waals surface area contributed by atoms with E-state index in [-0.39, 0.29) is 17.3 Å². The Hall–Kier alpha value is -2.37. The molecule has 6 heteroatoms. The smallest absolute Gasteiger partial charge is 0.251 e. The van der Waals surface area contributed by atoms with Crippen LogP contribution >= 0.6 is 0 Å². The number of nitrogens with one attached hydrogen (secondary N) is 1. The number of rotatable bonds is 4. The molecule has 0 aliphatic carbocycles. The van der Waals surface area contributed by atoms with Crippen LogP contribution in [0.4, 0.5) is 14.5 Å². The van der Waals surface area contributed by atoms with Gasteiger partial charge in [-0.05, 0) is 32.0 Å². The Morgan fingerprint density at radius 3 is 2.55 bits per heavy atom. The minimum absolute atomic E-state index is 0.0123. The molecule has 1 aromatic carbocycles. The lowest BCUT2D eigenvalue weighted by Crippen LogP contribution is -2.15. The van der Waals surface area contributed by atoms with E-state index in [1.54, 1.807) is 26.0 Å². The van der Waals surface area contributed by atoms with E-state index in [0.29, 0.717) is 11.8 Å². The second kappa shape index (κ2) is 5.32. The second-order valence-corrected chi connectivity index (χ2v) is 4.49. The molecule has 2 aromatic rings. The number of carbonyl (C=O) groups is 1. The van der Waals surface area contributed by atoms with Crippen LogP contribution in [0, 0.1) is 18.6 Å². The van der Waals surface area contributed by atoms with Crippen molar-refractivity contribution < 1.29 is 18.0 Å². The predicted molar refractivity (Wildman–Crippen MR) is 70.4 cm³/mol. The molecule has 20 heavy (non-hydrogen) atoms. The molecule has 0 radical (unpaired) electrons. The van der Waals surface area contributed by atoms with Gasteiger partial charge in [0.25, 0.3) is 5.91 Å². The van der Waals surface area contributed by atoms with Crippen LogP contribution in [0.3, 0.4) is 0 Å². The van der Waals surface area contributed by atoms with Gasteiger partial charge in [0.2, 0.25) is 0 Å². The third kappa shape index (κ3) is 2.79. The molecule has 0 saturated heterocycles. The summed E-state index contributed by atoms with van der Waals surface area (Å²) in [6.45, 7) is 3.55. The van der Waals surface area contributed by atoms with Gasteiger partial charge < -0.3 is 15.5 Å². The molecule has 1 atom stereocenters. The average molecular weight is 280 g/mol. The van der Waals surface area contributed by atoms with Crippen LogP contribution in [0.2, 0.25) is 0 Å². The summed E-state index contributed by atoms with van der Waals surface area (Å²) in [5, 5.41) is 2.82. The quantitative estimate of drug-likeness (QED) is 0.904. The summed E-state index contributed by atoms with van der Waals surface area (Å²) in [5.74, 6) is -1.41. The fraction of sp³-hybridized carbons (Fsp3) is 0.214. The van der Waals surface area contributed by atoms with E-state index in [1.807, 2.05) is 0 Å². The van der Waals surface area contributed by atoms with Gasteiger partial charge >= 0.3 is 0 Å². The van der Waals surface area contributed by atoms with Crippen molar-refractivity contribution in [1.82, 2.24) is 0 Å². The Balaban J connectivity index is 2.29. The van der Waals surface area contributed by atoms with Gasteiger partial charge in [-0.1, -0.05) is 0 Å². The lowest BCUT2D eigenvalue weighted by atomic mass is 10.1.